The number of primary amides is 1. The fraction of sp³-hybridized carbons (Fsp3) is 0.429. The lowest BCUT2D eigenvalue weighted by Crippen LogP contribution is -2.40. The summed E-state index contributed by atoms with van der Waals surface area (Å²) in [5.41, 5.74) is 8.51. The van der Waals surface area contributed by atoms with Crippen molar-refractivity contribution in [3.63, 3.8) is 0 Å². The van der Waals surface area contributed by atoms with Gasteiger partial charge in [-0.1, -0.05) is 0 Å². The molecule has 3 rings (SSSR count). The van der Waals surface area contributed by atoms with Gasteiger partial charge >= 0.3 is 6.03 Å². The molecular weight excluding hydrogens is 258 g/mol. The van der Waals surface area contributed by atoms with Crippen molar-refractivity contribution in [2.75, 3.05) is 0 Å². The van der Waals surface area contributed by atoms with Crippen molar-refractivity contribution < 1.29 is 14.6 Å². The summed E-state index contributed by atoms with van der Waals surface area (Å²) in [6.07, 6.45) is 4.82. The molecule has 1 heterocycles. The molecule has 0 saturated heterocycles. The zero-order valence-electron chi connectivity index (χ0n) is 11.1. The van der Waals surface area contributed by atoms with Gasteiger partial charge in [0.1, 0.15) is 17.1 Å². The first-order chi connectivity index (χ1) is 9.58. The summed E-state index contributed by atoms with van der Waals surface area (Å²) in [6.45, 7) is 0. The number of aromatic hydroxyl groups is 1. The van der Waals surface area contributed by atoms with Gasteiger partial charge in [0, 0.05) is 12.0 Å². The number of carbonyl (C=O) groups excluding carboxylic acids is 1. The number of nitrogens with two attached hydrogens (primary N) is 1. The number of carbonyl (C=O) groups is 1. The van der Waals surface area contributed by atoms with Crippen LogP contribution in [0, 0.1) is 0 Å². The van der Waals surface area contributed by atoms with Crippen LogP contribution < -0.4 is 15.9 Å². The number of hydrazone groups is 1. The molecule has 0 unspecified atom stereocenters. The van der Waals surface area contributed by atoms with E-state index in [0.29, 0.717) is 23.4 Å². The molecule has 4 N–H and O–H groups in total. The van der Waals surface area contributed by atoms with Crippen LogP contribution in [0.5, 0.6) is 11.5 Å². The molecule has 1 aromatic rings. The Hall–Kier alpha value is -2.24. The van der Waals surface area contributed by atoms with Crippen LogP contribution in [0.3, 0.4) is 0 Å². The minimum absolute atomic E-state index is 0.140. The Balaban J connectivity index is 2.01. The number of rotatable bonds is 1. The van der Waals surface area contributed by atoms with E-state index in [0.717, 1.165) is 25.7 Å². The average Bonchev–Trinajstić information content (AvgIpc) is 2.85. The van der Waals surface area contributed by atoms with Crippen LogP contribution in [0.15, 0.2) is 23.3 Å². The van der Waals surface area contributed by atoms with Gasteiger partial charge in [-0.05, 0) is 43.9 Å². The van der Waals surface area contributed by atoms with Crippen LogP contribution in [0.4, 0.5) is 4.79 Å². The number of benzene rings is 1. The Bertz CT molecular complexity index is 577. The van der Waals surface area contributed by atoms with Crippen molar-refractivity contribution in [1.82, 2.24) is 5.43 Å². The molecule has 1 aliphatic carbocycles. The fourth-order valence-corrected chi connectivity index (χ4v) is 3.02. The Morgan fingerprint density at radius 3 is 2.85 bits per heavy atom. The predicted molar refractivity (Wildman–Crippen MR) is 73.8 cm³/mol. The van der Waals surface area contributed by atoms with Crippen molar-refractivity contribution >= 4 is 11.7 Å². The summed E-state index contributed by atoms with van der Waals surface area (Å²) in [6, 6.07) is 4.22. The maximum Gasteiger partial charge on any atom is 0.332 e. The number of amides is 2. The zero-order chi connectivity index (χ0) is 14.2. The Kier molecular flexibility index (Phi) is 3.00. The molecule has 0 radical (unpaired) electrons. The van der Waals surface area contributed by atoms with E-state index in [1.165, 1.54) is 0 Å². The van der Waals surface area contributed by atoms with E-state index in [4.69, 9.17) is 10.5 Å². The van der Waals surface area contributed by atoms with Gasteiger partial charge in [0.05, 0.1) is 5.71 Å². The molecule has 6 heteroatoms. The lowest BCUT2D eigenvalue weighted by atomic mass is 9.88. The summed E-state index contributed by atoms with van der Waals surface area (Å²) in [7, 11) is 0. The first-order valence-electron chi connectivity index (χ1n) is 6.72. The van der Waals surface area contributed by atoms with E-state index in [-0.39, 0.29) is 11.4 Å². The summed E-state index contributed by atoms with van der Waals surface area (Å²) in [4.78, 5) is 10.9. The number of nitrogens with one attached hydrogen (secondary N) is 1. The van der Waals surface area contributed by atoms with Crippen molar-refractivity contribution in [2.45, 2.75) is 37.7 Å². The topological polar surface area (TPSA) is 96.9 Å². The van der Waals surface area contributed by atoms with E-state index in [1.807, 2.05) is 0 Å². The van der Waals surface area contributed by atoms with Crippen LogP contribution in [-0.4, -0.2) is 22.5 Å². The minimum atomic E-state index is -0.703. The monoisotopic (exact) mass is 275 g/mol. The van der Waals surface area contributed by atoms with Gasteiger partial charge in [-0.25, -0.2) is 10.2 Å². The number of urea groups is 1. The highest BCUT2D eigenvalue weighted by Gasteiger charge is 2.41. The van der Waals surface area contributed by atoms with Gasteiger partial charge in [-0.15, -0.1) is 0 Å². The quantitative estimate of drug-likeness (QED) is 0.682. The van der Waals surface area contributed by atoms with Gasteiger partial charge in [0.15, 0.2) is 0 Å². The molecule has 0 bridgehead atoms. The van der Waals surface area contributed by atoms with Gasteiger partial charge in [-0.3, -0.25) is 0 Å². The molecule has 1 saturated carbocycles. The lowest BCUT2D eigenvalue weighted by Gasteiger charge is -2.36. The first kappa shape index (κ1) is 12.8. The molecule has 1 aliphatic heterocycles. The van der Waals surface area contributed by atoms with Crippen LogP contribution in [-0.2, 0) is 0 Å². The van der Waals surface area contributed by atoms with Crippen LogP contribution in [0.25, 0.3) is 0 Å². The molecule has 1 fully saturated rings. The summed E-state index contributed by atoms with van der Waals surface area (Å²) < 4.78 is 6.14. The number of fused-ring (bicyclic) bond motifs is 1. The van der Waals surface area contributed by atoms with E-state index in [1.54, 1.807) is 18.2 Å². The third-order valence-corrected chi connectivity index (χ3v) is 3.91. The van der Waals surface area contributed by atoms with E-state index in [2.05, 4.69) is 10.5 Å². The largest absolute Gasteiger partial charge is 0.508 e. The summed E-state index contributed by atoms with van der Waals surface area (Å²) in [5, 5.41) is 13.7. The average molecular weight is 275 g/mol. The number of hydrogen-bond donors (Lipinski definition) is 3. The molecular formula is C14H17N3O3. The van der Waals surface area contributed by atoms with Crippen LogP contribution in [0.1, 0.15) is 37.7 Å². The zero-order valence-corrected chi connectivity index (χ0v) is 11.1. The van der Waals surface area contributed by atoms with Gasteiger partial charge in [-0.2, -0.15) is 5.10 Å². The first-order valence-corrected chi connectivity index (χ1v) is 6.72. The number of ether oxygens (including phenoxy) is 1. The highest BCUT2D eigenvalue weighted by molar-refractivity contribution is 6.05. The van der Waals surface area contributed by atoms with Crippen LogP contribution >= 0.6 is 0 Å². The standard InChI is InChI=1S/C14H17N3O3/c15-13(19)17-16-11-8-14(5-1-2-6-14)20-12-4-3-9(18)7-10(11)12/h3-4,7,18H,1-2,5-6,8H2,(H3,15,17,19)/b16-11+. The number of phenols is 1. The van der Waals surface area contributed by atoms with E-state index in [9.17, 15) is 9.90 Å². The molecule has 1 aromatic carbocycles. The molecule has 20 heavy (non-hydrogen) atoms. The number of phenolic OH excluding ortho intramolecular Hbond substituents is 1. The maximum absolute atomic E-state index is 10.9. The third-order valence-electron chi connectivity index (χ3n) is 3.91. The smallest absolute Gasteiger partial charge is 0.332 e. The Morgan fingerprint density at radius 2 is 2.15 bits per heavy atom. The van der Waals surface area contributed by atoms with Gasteiger partial charge in [0.2, 0.25) is 0 Å². The molecule has 0 aromatic heterocycles. The SMILES string of the molecule is NC(=O)N/N=C1\CC2(CCCC2)Oc2ccc(O)cc21. The minimum Gasteiger partial charge on any atom is -0.508 e. The van der Waals surface area contributed by atoms with Crippen molar-refractivity contribution in [3.05, 3.63) is 23.8 Å². The van der Waals surface area contributed by atoms with Crippen molar-refractivity contribution in [1.29, 1.82) is 0 Å². The normalized spacial score (nSPS) is 21.5. The van der Waals surface area contributed by atoms with E-state index < -0.39 is 6.03 Å². The highest BCUT2D eigenvalue weighted by Crippen LogP contribution is 2.43. The molecule has 2 amide bonds. The maximum atomic E-state index is 10.9. The number of nitrogens with zero attached hydrogens (tertiary/aromatic N) is 1. The number of hydrogen-bond acceptors (Lipinski definition) is 4. The summed E-state index contributed by atoms with van der Waals surface area (Å²) in [5.74, 6) is 0.836. The van der Waals surface area contributed by atoms with Crippen molar-refractivity contribution in [2.24, 2.45) is 10.8 Å². The highest BCUT2D eigenvalue weighted by atomic mass is 16.5. The third kappa shape index (κ3) is 2.29. The molecule has 6 nitrogen and oxygen atoms in total. The van der Waals surface area contributed by atoms with Gasteiger partial charge < -0.3 is 15.6 Å². The second-order valence-electron chi connectivity index (χ2n) is 5.38. The van der Waals surface area contributed by atoms with Gasteiger partial charge in [0.25, 0.3) is 0 Å². The molecule has 1 spiro atoms. The molecule has 2 aliphatic rings. The lowest BCUT2D eigenvalue weighted by molar-refractivity contribution is 0.0778. The Labute approximate surface area is 116 Å². The van der Waals surface area contributed by atoms with Crippen molar-refractivity contribution in [3.8, 4) is 11.5 Å². The second kappa shape index (κ2) is 4.70. The Morgan fingerprint density at radius 1 is 1.40 bits per heavy atom. The van der Waals surface area contributed by atoms with E-state index >= 15 is 0 Å². The van der Waals surface area contributed by atoms with Crippen LogP contribution in [0.2, 0.25) is 0 Å². The molecule has 0 atom stereocenters. The fourth-order valence-electron chi connectivity index (χ4n) is 3.02. The molecule has 106 valence electrons. The predicted octanol–water partition coefficient (Wildman–Crippen LogP) is 1.86. The summed E-state index contributed by atoms with van der Waals surface area (Å²) >= 11 is 0. The second-order valence-corrected chi connectivity index (χ2v) is 5.38.